The summed E-state index contributed by atoms with van der Waals surface area (Å²) >= 11 is 1.67. The Morgan fingerprint density at radius 2 is 2.10 bits per heavy atom. The summed E-state index contributed by atoms with van der Waals surface area (Å²) in [4.78, 5) is 2.06. The number of thiophene rings is 1. The lowest BCUT2D eigenvalue weighted by molar-refractivity contribution is 0.0744. The summed E-state index contributed by atoms with van der Waals surface area (Å²) in [6, 6.07) is 11.0. The van der Waals surface area contributed by atoms with Gasteiger partial charge in [-0.2, -0.15) is 16.6 Å². The van der Waals surface area contributed by atoms with Gasteiger partial charge in [-0.15, -0.1) is 0 Å². The molecule has 5 heteroatoms. The zero-order valence-electron chi connectivity index (χ0n) is 11.9. The number of aliphatic hydroxyl groups is 1. The molecule has 0 aliphatic rings. The van der Waals surface area contributed by atoms with Crippen molar-refractivity contribution in [1.29, 1.82) is 5.26 Å². The van der Waals surface area contributed by atoms with Crippen LogP contribution in [0.4, 0.5) is 0 Å². The first kappa shape index (κ1) is 15.5. The number of aliphatic hydroxyl groups excluding tert-OH is 1. The van der Waals surface area contributed by atoms with Crippen LogP contribution in [0.2, 0.25) is 0 Å². The monoisotopic (exact) mass is 302 g/mol. The van der Waals surface area contributed by atoms with Crippen molar-refractivity contribution >= 4 is 11.3 Å². The van der Waals surface area contributed by atoms with Crippen molar-refractivity contribution in [2.75, 3.05) is 20.2 Å². The van der Waals surface area contributed by atoms with Crippen molar-refractivity contribution in [3.05, 3.63) is 52.2 Å². The van der Waals surface area contributed by atoms with Gasteiger partial charge < -0.3 is 9.84 Å². The SMILES string of the molecule is CN(Cc1ccsc1)CC(O)COc1ccc(C#N)cc1. The lowest BCUT2D eigenvalue weighted by Gasteiger charge is -2.20. The van der Waals surface area contributed by atoms with Crippen molar-refractivity contribution in [2.24, 2.45) is 0 Å². The van der Waals surface area contributed by atoms with Crippen LogP contribution in [0.5, 0.6) is 5.75 Å². The maximum atomic E-state index is 9.99. The normalized spacial score (nSPS) is 12.1. The quantitative estimate of drug-likeness (QED) is 0.854. The number of rotatable bonds is 7. The Kier molecular flexibility index (Phi) is 5.76. The molecular weight excluding hydrogens is 284 g/mol. The molecular formula is C16H18N2O2S. The van der Waals surface area contributed by atoms with E-state index < -0.39 is 6.10 Å². The van der Waals surface area contributed by atoms with E-state index in [1.165, 1.54) is 5.56 Å². The predicted molar refractivity (Wildman–Crippen MR) is 83.3 cm³/mol. The van der Waals surface area contributed by atoms with Crippen molar-refractivity contribution < 1.29 is 9.84 Å². The summed E-state index contributed by atoms with van der Waals surface area (Å²) in [5, 5.41) is 22.9. The molecule has 0 amide bonds. The topological polar surface area (TPSA) is 56.5 Å². The van der Waals surface area contributed by atoms with Crippen LogP contribution >= 0.6 is 11.3 Å². The van der Waals surface area contributed by atoms with E-state index in [1.807, 2.05) is 12.4 Å². The first-order valence-corrected chi connectivity index (χ1v) is 7.62. The molecule has 110 valence electrons. The van der Waals surface area contributed by atoms with Gasteiger partial charge in [0.25, 0.3) is 0 Å². The lowest BCUT2D eigenvalue weighted by atomic mass is 10.2. The highest BCUT2D eigenvalue weighted by Crippen LogP contribution is 2.12. The average molecular weight is 302 g/mol. The highest BCUT2D eigenvalue weighted by molar-refractivity contribution is 7.07. The van der Waals surface area contributed by atoms with Crippen LogP contribution in [0.1, 0.15) is 11.1 Å². The van der Waals surface area contributed by atoms with Gasteiger partial charge in [-0.05, 0) is 53.7 Å². The minimum absolute atomic E-state index is 0.236. The molecule has 0 fully saturated rings. The van der Waals surface area contributed by atoms with E-state index in [9.17, 15) is 5.11 Å². The summed E-state index contributed by atoms with van der Waals surface area (Å²) in [6.07, 6.45) is -0.552. The van der Waals surface area contributed by atoms with Crippen LogP contribution in [0.3, 0.4) is 0 Å². The molecule has 0 saturated carbocycles. The Balaban J connectivity index is 1.73. The molecule has 4 nitrogen and oxygen atoms in total. The van der Waals surface area contributed by atoms with E-state index in [4.69, 9.17) is 10.00 Å². The number of hydrogen-bond acceptors (Lipinski definition) is 5. The maximum Gasteiger partial charge on any atom is 0.119 e. The minimum atomic E-state index is -0.552. The second-order valence-corrected chi connectivity index (χ2v) is 5.71. The third-order valence-corrected chi connectivity index (χ3v) is 3.71. The number of nitrogens with zero attached hydrogens (tertiary/aromatic N) is 2. The van der Waals surface area contributed by atoms with E-state index in [0.717, 1.165) is 6.54 Å². The number of benzene rings is 1. The van der Waals surface area contributed by atoms with Gasteiger partial charge in [-0.1, -0.05) is 0 Å². The zero-order chi connectivity index (χ0) is 15.1. The summed E-state index contributed by atoms with van der Waals surface area (Å²) in [5.41, 5.74) is 1.85. The summed E-state index contributed by atoms with van der Waals surface area (Å²) in [5.74, 6) is 0.661. The Hall–Kier alpha value is -1.87. The van der Waals surface area contributed by atoms with Crippen molar-refractivity contribution in [3.8, 4) is 11.8 Å². The molecule has 1 N–H and O–H groups in total. The second-order valence-electron chi connectivity index (χ2n) is 4.93. The number of ether oxygens (including phenoxy) is 1. The highest BCUT2D eigenvalue weighted by atomic mass is 32.1. The second kappa shape index (κ2) is 7.79. The molecule has 0 spiro atoms. The third-order valence-electron chi connectivity index (χ3n) is 2.98. The Labute approximate surface area is 128 Å². The van der Waals surface area contributed by atoms with E-state index in [1.54, 1.807) is 35.6 Å². The Morgan fingerprint density at radius 3 is 2.71 bits per heavy atom. The van der Waals surface area contributed by atoms with Crippen LogP contribution in [0, 0.1) is 11.3 Å². The molecule has 1 atom stereocenters. The van der Waals surface area contributed by atoms with Crippen molar-refractivity contribution in [2.45, 2.75) is 12.6 Å². The van der Waals surface area contributed by atoms with Gasteiger partial charge in [-0.25, -0.2) is 0 Å². The van der Waals surface area contributed by atoms with Gasteiger partial charge in [0.15, 0.2) is 0 Å². The zero-order valence-corrected chi connectivity index (χ0v) is 12.7. The van der Waals surface area contributed by atoms with Crippen LogP contribution in [-0.2, 0) is 6.54 Å². The van der Waals surface area contributed by atoms with Crippen molar-refractivity contribution in [3.63, 3.8) is 0 Å². The summed E-state index contributed by atoms with van der Waals surface area (Å²) < 4.78 is 5.52. The molecule has 1 unspecified atom stereocenters. The van der Waals surface area contributed by atoms with Gasteiger partial charge in [-0.3, -0.25) is 4.90 Å². The van der Waals surface area contributed by atoms with Gasteiger partial charge >= 0.3 is 0 Å². The van der Waals surface area contributed by atoms with E-state index in [2.05, 4.69) is 22.4 Å². The smallest absolute Gasteiger partial charge is 0.119 e. The fraction of sp³-hybridized carbons (Fsp3) is 0.312. The van der Waals surface area contributed by atoms with E-state index >= 15 is 0 Å². The largest absolute Gasteiger partial charge is 0.491 e. The average Bonchev–Trinajstić information content (AvgIpc) is 2.98. The number of likely N-dealkylation sites (N-methyl/N-ethyl adjacent to an activating group) is 1. The number of nitriles is 1. The van der Waals surface area contributed by atoms with Crippen LogP contribution < -0.4 is 4.74 Å². The molecule has 1 aromatic heterocycles. The van der Waals surface area contributed by atoms with E-state index in [0.29, 0.717) is 17.9 Å². The standard InChI is InChI=1S/C16H18N2O2S/c1-18(9-14-6-7-21-12-14)10-15(19)11-20-16-4-2-13(8-17)3-5-16/h2-7,12,15,19H,9-11H2,1H3. The minimum Gasteiger partial charge on any atom is -0.491 e. The van der Waals surface area contributed by atoms with Gasteiger partial charge in [0.1, 0.15) is 18.5 Å². The highest BCUT2D eigenvalue weighted by Gasteiger charge is 2.10. The predicted octanol–water partition coefficient (Wildman–Crippen LogP) is 2.49. The van der Waals surface area contributed by atoms with Gasteiger partial charge in [0.05, 0.1) is 11.6 Å². The summed E-state index contributed by atoms with van der Waals surface area (Å²) in [6.45, 7) is 1.60. The molecule has 0 aliphatic heterocycles. The molecule has 0 bridgehead atoms. The first-order valence-electron chi connectivity index (χ1n) is 6.68. The molecule has 2 rings (SSSR count). The maximum absolute atomic E-state index is 9.99. The molecule has 1 heterocycles. The first-order chi connectivity index (χ1) is 10.2. The number of hydrogen-bond donors (Lipinski definition) is 1. The van der Waals surface area contributed by atoms with Crippen LogP contribution in [0.25, 0.3) is 0 Å². The molecule has 2 aromatic rings. The van der Waals surface area contributed by atoms with Gasteiger partial charge in [0, 0.05) is 13.1 Å². The fourth-order valence-electron chi connectivity index (χ4n) is 1.99. The third kappa shape index (κ3) is 5.20. The van der Waals surface area contributed by atoms with Crippen molar-refractivity contribution in [1.82, 2.24) is 4.90 Å². The molecule has 21 heavy (non-hydrogen) atoms. The van der Waals surface area contributed by atoms with E-state index in [-0.39, 0.29) is 6.61 Å². The van der Waals surface area contributed by atoms with Crippen LogP contribution in [0.15, 0.2) is 41.1 Å². The van der Waals surface area contributed by atoms with Gasteiger partial charge in [0.2, 0.25) is 0 Å². The lowest BCUT2D eigenvalue weighted by Crippen LogP contribution is -2.32. The summed E-state index contributed by atoms with van der Waals surface area (Å²) in [7, 11) is 1.97. The molecule has 0 saturated heterocycles. The Bertz CT molecular complexity index is 575. The fourth-order valence-corrected chi connectivity index (χ4v) is 2.65. The molecule has 0 aliphatic carbocycles. The van der Waals surface area contributed by atoms with Crippen LogP contribution in [-0.4, -0.2) is 36.3 Å². The molecule has 1 aromatic carbocycles. The molecule has 0 radical (unpaired) electrons. The Morgan fingerprint density at radius 1 is 1.33 bits per heavy atom.